The summed E-state index contributed by atoms with van der Waals surface area (Å²) in [4.78, 5) is 17.4. The number of aryl methyl sites for hydroxylation is 1. The van der Waals surface area contributed by atoms with Crippen LogP contribution in [0, 0.1) is 6.92 Å². The number of nitrogens with one attached hydrogen (secondary N) is 1. The fourth-order valence-electron chi connectivity index (χ4n) is 2.94. The lowest BCUT2D eigenvalue weighted by molar-refractivity contribution is 0.212. The highest BCUT2D eigenvalue weighted by atomic mass is 16.1. The van der Waals surface area contributed by atoms with Crippen molar-refractivity contribution in [2.45, 2.75) is 25.8 Å². The molecule has 1 aromatic carbocycles. The van der Waals surface area contributed by atoms with Crippen LogP contribution in [0.2, 0.25) is 0 Å². The number of hydrogen-bond acceptors (Lipinski definition) is 2. The van der Waals surface area contributed by atoms with Gasteiger partial charge in [0, 0.05) is 6.54 Å². The van der Waals surface area contributed by atoms with Crippen molar-refractivity contribution >= 4 is 11.0 Å². The molecule has 1 aliphatic heterocycles. The van der Waals surface area contributed by atoms with Crippen LogP contribution in [0.25, 0.3) is 11.0 Å². The average Bonchev–Trinajstić information content (AvgIpc) is 2.64. The summed E-state index contributed by atoms with van der Waals surface area (Å²) in [5.41, 5.74) is 3.20. The van der Waals surface area contributed by atoms with E-state index in [1.165, 1.54) is 5.56 Å². The van der Waals surface area contributed by atoms with Crippen molar-refractivity contribution in [2.75, 3.05) is 20.1 Å². The quantitative estimate of drug-likeness (QED) is 0.833. The molecule has 1 atom stereocenters. The number of likely N-dealkylation sites (N-methyl/N-ethyl adjacent to an activating group) is 1. The molecule has 1 unspecified atom stereocenters. The summed E-state index contributed by atoms with van der Waals surface area (Å²) in [6.45, 7) is 4.15. The van der Waals surface area contributed by atoms with E-state index < -0.39 is 0 Å². The number of nitrogens with zero attached hydrogens (tertiary/aromatic N) is 2. The third-order valence-corrected chi connectivity index (χ3v) is 3.84. The third kappa shape index (κ3) is 1.86. The largest absolute Gasteiger partial charge is 0.326 e. The Balaban J connectivity index is 2.12. The molecule has 1 saturated heterocycles. The Bertz CT molecular complexity index is 625. The number of likely N-dealkylation sites (tertiary alicyclic amines) is 1. The molecule has 0 amide bonds. The fraction of sp³-hybridized carbons (Fsp3) is 0.500. The van der Waals surface area contributed by atoms with Crippen LogP contribution in [0.3, 0.4) is 0 Å². The van der Waals surface area contributed by atoms with Gasteiger partial charge in [-0.3, -0.25) is 4.57 Å². The van der Waals surface area contributed by atoms with Gasteiger partial charge >= 0.3 is 5.69 Å². The zero-order chi connectivity index (χ0) is 12.7. The number of hydrogen-bond donors (Lipinski definition) is 1. The molecule has 18 heavy (non-hydrogen) atoms. The van der Waals surface area contributed by atoms with Gasteiger partial charge in [0.2, 0.25) is 0 Å². The van der Waals surface area contributed by atoms with Crippen LogP contribution in [0.15, 0.2) is 23.0 Å². The van der Waals surface area contributed by atoms with E-state index in [-0.39, 0.29) is 5.69 Å². The lowest BCUT2D eigenvalue weighted by atomic mass is 10.1. The van der Waals surface area contributed by atoms with Crippen LogP contribution in [0.5, 0.6) is 0 Å². The Morgan fingerprint density at radius 3 is 3.00 bits per heavy atom. The first-order valence-corrected chi connectivity index (χ1v) is 6.54. The molecule has 1 fully saturated rings. The summed E-state index contributed by atoms with van der Waals surface area (Å²) < 4.78 is 1.94. The molecule has 96 valence electrons. The number of imidazole rings is 1. The molecular formula is C14H19N3O. The smallest absolute Gasteiger partial charge is 0.306 e. The Labute approximate surface area is 106 Å². The predicted molar refractivity (Wildman–Crippen MR) is 73.1 cm³/mol. The maximum Gasteiger partial charge on any atom is 0.326 e. The monoisotopic (exact) mass is 245 g/mol. The molecule has 1 N–H and O–H groups in total. The number of H-pyrrole nitrogens is 1. The number of rotatable bonds is 1. The van der Waals surface area contributed by atoms with Gasteiger partial charge < -0.3 is 9.88 Å². The van der Waals surface area contributed by atoms with Crippen molar-refractivity contribution < 1.29 is 0 Å². The number of benzene rings is 1. The molecule has 4 nitrogen and oxygen atoms in total. The number of aromatic amines is 1. The zero-order valence-corrected chi connectivity index (χ0v) is 10.9. The van der Waals surface area contributed by atoms with Gasteiger partial charge in [-0.05, 0) is 51.1 Å². The minimum atomic E-state index is 0.0240. The highest BCUT2D eigenvalue weighted by molar-refractivity contribution is 5.76. The van der Waals surface area contributed by atoms with Gasteiger partial charge in [0.1, 0.15) is 0 Å². The Hall–Kier alpha value is -1.55. The SMILES string of the molecule is Cc1ccc2[nH]c(=O)n(C3CCCN(C)C3)c2c1. The van der Waals surface area contributed by atoms with Crippen LogP contribution in [0.1, 0.15) is 24.4 Å². The zero-order valence-electron chi connectivity index (χ0n) is 10.9. The minimum Gasteiger partial charge on any atom is -0.306 e. The lowest BCUT2D eigenvalue weighted by Gasteiger charge is -2.30. The Morgan fingerprint density at radius 1 is 1.39 bits per heavy atom. The highest BCUT2D eigenvalue weighted by Gasteiger charge is 2.22. The second kappa shape index (κ2) is 4.28. The molecule has 0 spiro atoms. The second-order valence-electron chi connectivity index (χ2n) is 5.38. The summed E-state index contributed by atoms with van der Waals surface area (Å²) in [5.74, 6) is 0. The number of piperidine rings is 1. The van der Waals surface area contributed by atoms with E-state index in [9.17, 15) is 4.79 Å². The van der Waals surface area contributed by atoms with E-state index in [0.717, 1.165) is 37.0 Å². The Kier molecular flexibility index (Phi) is 2.74. The molecule has 0 saturated carbocycles. The standard InChI is InChI=1S/C14H19N3O/c1-10-5-6-12-13(8-10)17(14(18)15-12)11-4-3-7-16(2)9-11/h5-6,8,11H,3-4,7,9H2,1-2H3,(H,15,18). The summed E-state index contributed by atoms with van der Waals surface area (Å²) in [7, 11) is 2.12. The summed E-state index contributed by atoms with van der Waals surface area (Å²) >= 11 is 0. The first-order valence-electron chi connectivity index (χ1n) is 6.54. The van der Waals surface area contributed by atoms with Crippen molar-refractivity contribution in [1.82, 2.24) is 14.5 Å². The van der Waals surface area contributed by atoms with Gasteiger partial charge in [0.25, 0.3) is 0 Å². The first kappa shape index (κ1) is 11.5. The lowest BCUT2D eigenvalue weighted by Crippen LogP contribution is -2.36. The maximum absolute atomic E-state index is 12.1. The maximum atomic E-state index is 12.1. The summed E-state index contributed by atoms with van der Waals surface area (Å²) in [6, 6.07) is 6.43. The summed E-state index contributed by atoms with van der Waals surface area (Å²) in [6.07, 6.45) is 2.25. The van der Waals surface area contributed by atoms with E-state index in [1.807, 2.05) is 16.7 Å². The molecule has 4 heteroatoms. The van der Waals surface area contributed by atoms with E-state index in [2.05, 4.69) is 29.9 Å². The molecule has 1 aromatic heterocycles. The molecule has 0 aliphatic carbocycles. The van der Waals surface area contributed by atoms with Gasteiger partial charge in [-0.2, -0.15) is 0 Å². The minimum absolute atomic E-state index is 0.0240. The normalized spacial score (nSPS) is 21.6. The second-order valence-corrected chi connectivity index (χ2v) is 5.38. The molecule has 0 radical (unpaired) electrons. The predicted octanol–water partition coefficient (Wildman–Crippen LogP) is 1.90. The van der Waals surface area contributed by atoms with Crippen LogP contribution in [0.4, 0.5) is 0 Å². The van der Waals surface area contributed by atoms with Crippen LogP contribution >= 0.6 is 0 Å². The van der Waals surface area contributed by atoms with Crippen LogP contribution in [-0.2, 0) is 0 Å². The van der Waals surface area contributed by atoms with Gasteiger partial charge in [0.15, 0.2) is 0 Å². The van der Waals surface area contributed by atoms with E-state index in [1.54, 1.807) is 0 Å². The van der Waals surface area contributed by atoms with Gasteiger partial charge in [-0.15, -0.1) is 0 Å². The number of aromatic nitrogens is 2. The molecule has 0 bridgehead atoms. The highest BCUT2D eigenvalue weighted by Crippen LogP contribution is 2.23. The fourth-order valence-corrected chi connectivity index (χ4v) is 2.94. The van der Waals surface area contributed by atoms with E-state index >= 15 is 0 Å². The van der Waals surface area contributed by atoms with Crippen molar-refractivity contribution in [1.29, 1.82) is 0 Å². The molecular weight excluding hydrogens is 226 g/mol. The topological polar surface area (TPSA) is 41.0 Å². The van der Waals surface area contributed by atoms with Crippen molar-refractivity contribution in [2.24, 2.45) is 0 Å². The van der Waals surface area contributed by atoms with Gasteiger partial charge in [0.05, 0.1) is 17.1 Å². The van der Waals surface area contributed by atoms with Crippen molar-refractivity contribution in [3.8, 4) is 0 Å². The van der Waals surface area contributed by atoms with Gasteiger partial charge in [-0.25, -0.2) is 4.79 Å². The summed E-state index contributed by atoms with van der Waals surface area (Å²) in [5, 5.41) is 0. The number of fused-ring (bicyclic) bond motifs is 1. The van der Waals surface area contributed by atoms with Crippen LogP contribution in [-0.4, -0.2) is 34.6 Å². The van der Waals surface area contributed by atoms with E-state index in [0.29, 0.717) is 6.04 Å². The van der Waals surface area contributed by atoms with Crippen molar-refractivity contribution in [3.05, 3.63) is 34.2 Å². The third-order valence-electron chi connectivity index (χ3n) is 3.84. The molecule has 3 rings (SSSR count). The molecule has 1 aliphatic rings. The first-order chi connectivity index (χ1) is 8.65. The van der Waals surface area contributed by atoms with Crippen molar-refractivity contribution in [3.63, 3.8) is 0 Å². The average molecular weight is 245 g/mol. The molecule has 2 aromatic rings. The van der Waals surface area contributed by atoms with Crippen LogP contribution < -0.4 is 5.69 Å². The van der Waals surface area contributed by atoms with Gasteiger partial charge in [-0.1, -0.05) is 6.07 Å². The Morgan fingerprint density at radius 2 is 2.22 bits per heavy atom. The molecule has 2 heterocycles. The van der Waals surface area contributed by atoms with E-state index in [4.69, 9.17) is 0 Å².